The van der Waals surface area contributed by atoms with Gasteiger partial charge in [-0.1, -0.05) is 11.8 Å². The molecule has 1 aromatic carbocycles. The molecule has 90 valence electrons. The second-order valence-corrected chi connectivity index (χ2v) is 4.64. The lowest BCUT2D eigenvalue weighted by molar-refractivity contribution is -0.460. The number of rotatable bonds is 2. The third-order valence-electron chi connectivity index (χ3n) is 2.23. The van der Waals surface area contributed by atoms with Crippen molar-refractivity contribution in [2.45, 2.75) is 0 Å². The van der Waals surface area contributed by atoms with Crippen LogP contribution in [0.25, 0.3) is 0 Å². The summed E-state index contributed by atoms with van der Waals surface area (Å²) in [5.74, 6) is 0. The minimum absolute atomic E-state index is 0. The molecule has 0 spiro atoms. The van der Waals surface area contributed by atoms with Crippen LogP contribution < -0.4 is 28.9 Å². The van der Waals surface area contributed by atoms with E-state index in [1.807, 2.05) is 0 Å². The summed E-state index contributed by atoms with van der Waals surface area (Å²) in [7, 11) is 8.26. The molecular weight excluding hydrogens is 331 g/mol. The highest BCUT2D eigenvalue weighted by Gasteiger charge is 2.09. The molecule has 0 N–H and O–H groups in total. The van der Waals surface area contributed by atoms with Crippen molar-refractivity contribution < 1.29 is 28.6 Å². The molecule has 0 fully saturated rings. The quantitative estimate of drug-likeness (QED) is 0.296. The van der Waals surface area contributed by atoms with Gasteiger partial charge < -0.3 is 28.9 Å². The van der Waals surface area contributed by atoms with E-state index in [-0.39, 0.29) is 24.0 Å². The molecule has 0 unspecified atom stereocenters. The third kappa shape index (κ3) is 3.97. The van der Waals surface area contributed by atoms with Crippen LogP contribution >= 0.6 is 11.8 Å². The number of hydrogen-bond acceptors (Lipinski definition) is 2. The highest BCUT2D eigenvalue weighted by molar-refractivity contribution is 8.13. The summed E-state index contributed by atoms with van der Waals surface area (Å²) in [6.45, 7) is 0. The van der Waals surface area contributed by atoms with E-state index in [1.54, 1.807) is 11.8 Å². The van der Waals surface area contributed by atoms with E-state index in [4.69, 9.17) is 0 Å². The van der Waals surface area contributed by atoms with Crippen molar-refractivity contribution in [3.05, 3.63) is 29.8 Å². The van der Waals surface area contributed by atoms with Crippen LogP contribution in [0.1, 0.15) is 5.56 Å². The fraction of sp³-hybridized carbons (Fsp3) is 0.417. The van der Waals surface area contributed by atoms with Gasteiger partial charge in [0.05, 0.1) is 5.56 Å². The summed E-state index contributed by atoms with van der Waals surface area (Å²) in [5, 5.41) is 1.29. The van der Waals surface area contributed by atoms with Crippen LogP contribution in [0.5, 0.6) is 0 Å². The van der Waals surface area contributed by atoms with Crippen LogP contribution in [0.4, 0.5) is 5.69 Å². The van der Waals surface area contributed by atoms with E-state index in [9.17, 15) is 0 Å². The van der Waals surface area contributed by atoms with Gasteiger partial charge in [0.1, 0.15) is 14.1 Å². The number of thioether (sulfide) groups is 1. The smallest absolute Gasteiger partial charge is 0.241 e. The zero-order valence-corrected chi connectivity index (χ0v) is 13.5. The van der Waals surface area contributed by atoms with Crippen molar-refractivity contribution in [3.8, 4) is 0 Å². The van der Waals surface area contributed by atoms with Gasteiger partial charge in [0.15, 0.2) is 0 Å². The predicted molar refractivity (Wildman–Crippen MR) is 70.5 cm³/mol. The SMILES string of the molecule is CSC(c1ccc(N(C)C)cc1)=[N+](C)C.[I-]. The topological polar surface area (TPSA) is 6.25 Å². The van der Waals surface area contributed by atoms with E-state index >= 15 is 0 Å². The monoisotopic (exact) mass is 350 g/mol. The molecule has 16 heavy (non-hydrogen) atoms. The highest BCUT2D eigenvalue weighted by atomic mass is 127. The molecule has 1 aromatic rings. The minimum Gasteiger partial charge on any atom is -1.00 e. The third-order valence-corrected chi connectivity index (χ3v) is 3.22. The second kappa shape index (κ2) is 7.17. The summed E-state index contributed by atoms with van der Waals surface area (Å²) in [4.78, 5) is 2.11. The Morgan fingerprint density at radius 1 is 1.12 bits per heavy atom. The van der Waals surface area contributed by atoms with Gasteiger partial charge in [0, 0.05) is 19.8 Å². The molecule has 0 saturated carbocycles. The molecule has 0 aliphatic carbocycles. The Bertz CT molecular complexity index is 354. The molecule has 1 rings (SSSR count). The fourth-order valence-corrected chi connectivity index (χ4v) is 2.20. The number of anilines is 1. The number of nitrogens with zero attached hydrogens (tertiary/aromatic N) is 2. The molecule has 0 aromatic heterocycles. The summed E-state index contributed by atoms with van der Waals surface area (Å²) in [6.07, 6.45) is 2.11. The van der Waals surface area contributed by atoms with E-state index in [2.05, 4.69) is 68.2 Å². The van der Waals surface area contributed by atoms with Crippen molar-refractivity contribution in [2.75, 3.05) is 39.3 Å². The molecule has 2 nitrogen and oxygen atoms in total. The molecule has 0 radical (unpaired) electrons. The maximum absolute atomic E-state index is 2.17. The van der Waals surface area contributed by atoms with Crippen molar-refractivity contribution in [1.29, 1.82) is 0 Å². The lowest BCUT2D eigenvalue weighted by atomic mass is 10.2. The first kappa shape index (κ1) is 15.8. The summed E-state index contributed by atoms with van der Waals surface area (Å²) >= 11 is 1.77. The van der Waals surface area contributed by atoms with Crippen LogP contribution in [0.3, 0.4) is 0 Å². The molecule has 0 amide bonds. The predicted octanol–water partition coefficient (Wildman–Crippen LogP) is -0.862. The Hall–Kier alpha value is -0.230. The number of hydrogen-bond donors (Lipinski definition) is 0. The van der Waals surface area contributed by atoms with Gasteiger partial charge in [-0.2, -0.15) is 0 Å². The van der Waals surface area contributed by atoms with Crippen molar-refractivity contribution in [3.63, 3.8) is 0 Å². The summed E-state index contributed by atoms with van der Waals surface area (Å²) in [6, 6.07) is 8.63. The number of benzene rings is 1. The lowest BCUT2D eigenvalue weighted by Crippen LogP contribution is -3.00. The average molecular weight is 350 g/mol. The summed E-state index contributed by atoms with van der Waals surface area (Å²) in [5.41, 5.74) is 2.51. The molecule has 0 bridgehead atoms. The summed E-state index contributed by atoms with van der Waals surface area (Å²) < 4.78 is 2.15. The molecular formula is C12H19IN2S. The molecule has 0 heterocycles. The van der Waals surface area contributed by atoms with Gasteiger partial charge in [-0.05, 0) is 30.5 Å². The largest absolute Gasteiger partial charge is 1.00 e. The van der Waals surface area contributed by atoms with E-state index in [0.717, 1.165) is 0 Å². The van der Waals surface area contributed by atoms with Crippen molar-refractivity contribution in [1.82, 2.24) is 0 Å². The van der Waals surface area contributed by atoms with Crippen molar-refractivity contribution >= 4 is 22.5 Å². The Labute approximate surface area is 120 Å². The zero-order valence-electron chi connectivity index (χ0n) is 10.5. The molecule has 0 atom stereocenters. The fourth-order valence-electron chi connectivity index (χ4n) is 1.46. The molecule has 0 aliphatic rings. The number of halogens is 1. The zero-order chi connectivity index (χ0) is 11.4. The van der Waals surface area contributed by atoms with Gasteiger partial charge >= 0.3 is 0 Å². The van der Waals surface area contributed by atoms with Gasteiger partial charge in [-0.15, -0.1) is 0 Å². The Morgan fingerprint density at radius 3 is 1.94 bits per heavy atom. The van der Waals surface area contributed by atoms with Gasteiger partial charge in [0.25, 0.3) is 0 Å². The van der Waals surface area contributed by atoms with E-state index in [0.29, 0.717) is 0 Å². The molecule has 0 saturated heterocycles. The van der Waals surface area contributed by atoms with Crippen molar-refractivity contribution in [2.24, 2.45) is 0 Å². The van der Waals surface area contributed by atoms with Crippen LogP contribution in [-0.4, -0.2) is 44.1 Å². The van der Waals surface area contributed by atoms with Crippen LogP contribution in [0.15, 0.2) is 24.3 Å². The first-order chi connectivity index (χ1) is 7.06. The Morgan fingerprint density at radius 2 is 1.62 bits per heavy atom. The van der Waals surface area contributed by atoms with E-state index < -0.39 is 0 Å². The maximum Gasteiger partial charge on any atom is 0.241 e. The Balaban J connectivity index is 0.00000225. The second-order valence-electron chi connectivity index (χ2n) is 3.85. The van der Waals surface area contributed by atoms with Crippen LogP contribution in [-0.2, 0) is 0 Å². The Kier molecular flexibility index (Phi) is 7.06. The minimum atomic E-state index is 0. The first-order valence-corrected chi connectivity index (χ1v) is 6.14. The molecule has 0 aliphatic heterocycles. The lowest BCUT2D eigenvalue weighted by Gasteiger charge is -2.12. The molecule has 4 heteroatoms. The normalized spacial score (nSPS) is 9.31. The standard InChI is InChI=1S/C12H19N2S.HI/c1-13(2)11-8-6-10(7-9-11)12(15-5)14(3)4;/h6-9H,1-5H3;1H/q+1;/p-1. The van der Waals surface area contributed by atoms with Crippen LogP contribution in [0.2, 0.25) is 0 Å². The highest BCUT2D eigenvalue weighted by Crippen LogP contribution is 2.16. The maximum atomic E-state index is 2.17. The first-order valence-electron chi connectivity index (χ1n) is 4.92. The van der Waals surface area contributed by atoms with Gasteiger partial charge in [-0.3, -0.25) is 0 Å². The van der Waals surface area contributed by atoms with Gasteiger partial charge in [-0.25, -0.2) is 4.58 Å². The van der Waals surface area contributed by atoms with E-state index in [1.165, 1.54) is 16.3 Å². The average Bonchev–Trinajstić information content (AvgIpc) is 2.19. The van der Waals surface area contributed by atoms with Crippen LogP contribution in [0, 0.1) is 0 Å². The van der Waals surface area contributed by atoms with Gasteiger partial charge in [0.2, 0.25) is 5.04 Å².